The van der Waals surface area contributed by atoms with Gasteiger partial charge in [-0.2, -0.15) is 0 Å². The molecule has 0 aliphatic carbocycles. The summed E-state index contributed by atoms with van der Waals surface area (Å²) in [5.74, 6) is -7.53. The van der Waals surface area contributed by atoms with Crippen LogP contribution >= 0.6 is 0 Å². The van der Waals surface area contributed by atoms with E-state index >= 15 is 0 Å². The SMILES string of the molecule is O=C(O)CCC(NC(=O)NC(CCCCNC(=O)c1ccc(CN2CCN(CC(=O)O)CCN(CC(=O)O)CCN(CC(=O)O)CC2)cc1)C(=O)O)C(=O)O. The Morgan fingerprint density at radius 2 is 0.964 bits per heavy atom. The van der Waals surface area contributed by atoms with Crippen LogP contribution in [0.5, 0.6) is 0 Å². The van der Waals surface area contributed by atoms with Crippen LogP contribution in [-0.4, -0.2) is 189 Å². The number of aliphatic carboxylic acids is 6. The molecule has 2 rings (SSSR count). The van der Waals surface area contributed by atoms with E-state index in [1.165, 1.54) is 0 Å². The predicted octanol–water partition coefficient (Wildman–Crippen LogP) is -1.37. The highest BCUT2D eigenvalue weighted by atomic mass is 16.4. The number of nitrogens with zero attached hydrogens (tertiary/aromatic N) is 4. The van der Waals surface area contributed by atoms with Crippen LogP contribution in [0.25, 0.3) is 0 Å². The Hall–Kier alpha value is -5.38. The molecule has 1 fully saturated rings. The number of hydrogen-bond acceptors (Lipinski definition) is 12. The van der Waals surface area contributed by atoms with Gasteiger partial charge in [-0.3, -0.25) is 43.6 Å². The van der Waals surface area contributed by atoms with Crippen LogP contribution in [0.15, 0.2) is 24.3 Å². The number of amides is 3. The number of nitrogens with one attached hydrogen (secondary N) is 3. The fourth-order valence-corrected chi connectivity index (χ4v) is 5.72. The Bertz CT molecular complexity index is 1450. The lowest BCUT2D eigenvalue weighted by molar-refractivity contribution is -0.141. The second-order valence-electron chi connectivity index (χ2n) is 13.1. The number of hydrogen-bond donors (Lipinski definition) is 9. The van der Waals surface area contributed by atoms with Crippen molar-refractivity contribution in [2.75, 3.05) is 78.5 Å². The predicted molar refractivity (Wildman–Crippen MR) is 192 cm³/mol. The average Bonchev–Trinajstić information content (AvgIpc) is 3.09. The van der Waals surface area contributed by atoms with Gasteiger partial charge < -0.3 is 46.6 Å². The van der Waals surface area contributed by atoms with Gasteiger partial charge in [-0.05, 0) is 43.4 Å². The van der Waals surface area contributed by atoms with E-state index in [0.717, 1.165) is 5.56 Å². The number of carboxylic acids is 6. The Morgan fingerprint density at radius 3 is 1.36 bits per heavy atom. The molecule has 0 aromatic heterocycles. The first kappa shape index (κ1) is 45.8. The van der Waals surface area contributed by atoms with Gasteiger partial charge in [0, 0.05) is 77.4 Å². The highest BCUT2D eigenvalue weighted by Crippen LogP contribution is 2.10. The van der Waals surface area contributed by atoms with Crippen LogP contribution in [0.4, 0.5) is 4.79 Å². The Morgan fingerprint density at radius 1 is 0.545 bits per heavy atom. The van der Waals surface area contributed by atoms with E-state index in [1.807, 2.05) is 0 Å². The minimum absolute atomic E-state index is 0.0258. The van der Waals surface area contributed by atoms with Crippen molar-refractivity contribution in [2.45, 2.75) is 50.7 Å². The molecule has 2 unspecified atom stereocenters. The molecule has 2 atom stereocenters. The zero-order chi connectivity index (χ0) is 40.9. The first-order valence-corrected chi connectivity index (χ1v) is 17.7. The number of carbonyl (C=O) groups is 8. The third kappa shape index (κ3) is 19.5. The third-order valence-electron chi connectivity index (χ3n) is 8.69. The van der Waals surface area contributed by atoms with Crippen LogP contribution in [0.3, 0.4) is 0 Å². The fourth-order valence-electron chi connectivity index (χ4n) is 5.72. The van der Waals surface area contributed by atoms with Gasteiger partial charge in [0.2, 0.25) is 0 Å². The molecule has 0 bridgehead atoms. The average molecular weight is 782 g/mol. The summed E-state index contributed by atoms with van der Waals surface area (Å²) in [4.78, 5) is 100. The summed E-state index contributed by atoms with van der Waals surface area (Å²) in [5.41, 5.74) is 1.21. The highest BCUT2D eigenvalue weighted by Gasteiger charge is 2.25. The first-order valence-electron chi connectivity index (χ1n) is 17.7. The highest BCUT2D eigenvalue weighted by molar-refractivity contribution is 5.94. The Balaban J connectivity index is 1.94. The van der Waals surface area contributed by atoms with Crippen LogP contribution in [0.1, 0.15) is 48.0 Å². The maximum atomic E-state index is 12.8. The van der Waals surface area contributed by atoms with Crippen molar-refractivity contribution in [1.29, 1.82) is 0 Å². The zero-order valence-corrected chi connectivity index (χ0v) is 30.4. The van der Waals surface area contributed by atoms with E-state index in [-0.39, 0.29) is 64.4 Å². The molecule has 55 heavy (non-hydrogen) atoms. The van der Waals surface area contributed by atoms with Crippen molar-refractivity contribution >= 4 is 47.8 Å². The molecule has 1 aliphatic heterocycles. The molecule has 1 aromatic carbocycles. The van der Waals surface area contributed by atoms with Gasteiger partial charge in [0.05, 0.1) is 19.6 Å². The van der Waals surface area contributed by atoms with Gasteiger partial charge in [0.1, 0.15) is 12.1 Å². The summed E-state index contributed by atoms with van der Waals surface area (Å²) in [5, 5.41) is 62.6. The number of unbranched alkanes of at least 4 members (excludes halogenated alkanes) is 1. The second-order valence-corrected chi connectivity index (χ2v) is 13.1. The molecule has 21 heteroatoms. The lowest BCUT2D eigenvalue weighted by atomic mass is 10.1. The molecule has 306 valence electrons. The lowest BCUT2D eigenvalue weighted by Gasteiger charge is -2.33. The minimum Gasteiger partial charge on any atom is -0.481 e. The van der Waals surface area contributed by atoms with E-state index < -0.39 is 60.4 Å². The van der Waals surface area contributed by atoms with Gasteiger partial charge in [-0.15, -0.1) is 0 Å². The van der Waals surface area contributed by atoms with Gasteiger partial charge in [-0.25, -0.2) is 14.4 Å². The monoisotopic (exact) mass is 781 g/mol. The molecule has 9 N–H and O–H groups in total. The van der Waals surface area contributed by atoms with Crippen LogP contribution < -0.4 is 16.0 Å². The van der Waals surface area contributed by atoms with Gasteiger partial charge in [0.15, 0.2) is 0 Å². The topological polar surface area (TPSA) is 307 Å². The Labute approximate surface area is 316 Å². The van der Waals surface area contributed by atoms with Gasteiger partial charge in [-0.1, -0.05) is 12.1 Å². The first-order chi connectivity index (χ1) is 26.0. The van der Waals surface area contributed by atoms with Crippen molar-refractivity contribution in [1.82, 2.24) is 35.6 Å². The smallest absolute Gasteiger partial charge is 0.326 e. The van der Waals surface area contributed by atoms with E-state index in [4.69, 9.17) is 5.11 Å². The maximum Gasteiger partial charge on any atom is 0.326 e. The summed E-state index contributed by atoms with van der Waals surface area (Å²) in [6, 6.07) is 2.85. The van der Waals surface area contributed by atoms with Crippen molar-refractivity contribution in [3.8, 4) is 0 Å². The van der Waals surface area contributed by atoms with E-state index in [0.29, 0.717) is 57.8 Å². The van der Waals surface area contributed by atoms with Crippen molar-refractivity contribution < 1.29 is 69.0 Å². The molecule has 1 aliphatic rings. The molecule has 1 heterocycles. The standard InChI is InChI=1S/C34H51N7O14/c42-27(43)9-8-26(33(53)54)37-34(55)36-25(32(51)52)3-1-2-10-35-31(50)24-6-4-23(5-7-24)19-38-11-13-39(20-28(44)45)15-17-41(22-30(48)49)18-16-40(14-12-38)21-29(46)47/h4-7,25-26H,1-3,8-22H2,(H,35,50)(H,42,43)(H,44,45)(H,46,47)(H,48,49)(H,51,52)(H,53,54)(H2,36,37,55). The molecular formula is C34H51N7O14. The largest absolute Gasteiger partial charge is 0.481 e. The summed E-state index contributed by atoms with van der Waals surface area (Å²) in [7, 11) is 0. The fraction of sp³-hybridized carbons (Fsp3) is 0.588. The van der Waals surface area contributed by atoms with Crippen LogP contribution in [0.2, 0.25) is 0 Å². The number of carbonyl (C=O) groups excluding carboxylic acids is 2. The molecule has 21 nitrogen and oxygen atoms in total. The van der Waals surface area contributed by atoms with Crippen LogP contribution in [-0.2, 0) is 35.3 Å². The van der Waals surface area contributed by atoms with Crippen LogP contribution in [0, 0.1) is 0 Å². The summed E-state index contributed by atoms with van der Waals surface area (Å²) in [6.45, 7) is 2.68. The molecule has 0 spiro atoms. The molecule has 1 aromatic rings. The van der Waals surface area contributed by atoms with E-state index in [1.54, 1.807) is 39.0 Å². The quantitative estimate of drug-likeness (QED) is 0.0650. The minimum atomic E-state index is -1.52. The normalized spacial score (nSPS) is 16.4. The second kappa shape index (κ2) is 24.1. The van der Waals surface area contributed by atoms with Gasteiger partial charge >= 0.3 is 41.8 Å². The van der Waals surface area contributed by atoms with Gasteiger partial charge in [0.25, 0.3) is 5.91 Å². The Kier molecular flexibility index (Phi) is 20.1. The van der Waals surface area contributed by atoms with E-state index in [2.05, 4.69) is 20.9 Å². The third-order valence-corrected chi connectivity index (χ3v) is 8.69. The summed E-state index contributed by atoms with van der Waals surface area (Å²) >= 11 is 0. The molecule has 0 radical (unpaired) electrons. The van der Waals surface area contributed by atoms with Crippen molar-refractivity contribution in [2.24, 2.45) is 0 Å². The summed E-state index contributed by atoms with van der Waals surface area (Å²) < 4.78 is 0. The number of urea groups is 1. The summed E-state index contributed by atoms with van der Waals surface area (Å²) in [6.07, 6.45) is -0.289. The lowest BCUT2D eigenvalue weighted by Crippen LogP contribution is -2.51. The molecule has 0 saturated carbocycles. The molecule has 3 amide bonds. The number of benzene rings is 1. The number of carboxylic acid groups (broad SMARTS) is 6. The zero-order valence-electron chi connectivity index (χ0n) is 30.4. The molecular weight excluding hydrogens is 730 g/mol. The molecule has 1 saturated heterocycles. The maximum absolute atomic E-state index is 12.8. The number of rotatable bonds is 21. The van der Waals surface area contributed by atoms with Crippen molar-refractivity contribution in [3.63, 3.8) is 0 Å². The van der Waals surface area contributed by atoms with Crippen molar-refractivity contribution in [3.05, 3.63) is 35.4 Å². The van der Waals surface area contributed by atoms with E-state index in [9.17, 15) is 63.9 Å².